The number of para-hydroxylation sites is 1. The minimum atomic E-state index is -0.0464. The number of carbonyl (C=O) groups excluding carboxylic acids is 1. The predicted octanol–water partition coefficient (Wildman–Crippen LogP) is 6.80. The average molecular weight is 479 g/mol. The Balaban J connectivity index is 1.28. The van der Waals surface area contributed by atoms with Crippen molar-refractivity contribution >= 4 is 16.7 Å². The third kappa shape index (κ3) is 3.91. The molecule has 5 nitrogen and oxygen atoms in total. The second-order valence-corrected chi connectivity index (χ2v) is 11.4. The maximum Gasteiger partial charge on any atom is 0.143 e. The van der Waals surface area contributed by atoms with Gasteiger partial charge in [0.25, 0.3) is 0 Å². The number of fused-ring (bicyclic) bond motifs is 2. The van der Waals surface area contributed by atoms with Gasteiger partial charge in [0.05, 0.1) is 12.7 Å². The number of nitrogens with one attached hydrogen (secondary N) is 1. The number of H-pyrrole nitrogens is 1. The zero-order valence-corrected chi connectivity index (χ0v) is 21.3. The SMILES string of the molecule is C[C@@H]1C(=O)[C@@H](c2c[nH]c3ccccc23)[C@H]2[C@H]1CC/C(Cn1cc(-c3ccccc3)nn1)=C\CC2(C)C. The van der Waals surface area contributed by atoms with Crippen LogP contribution in [0, 0.1) is 23.2 Å². The number of Topliss-reactive ketones (excluding diaryl/α,β-unsaturated/α-hetero) is 1. The van der Waals surface area contributed by atoms with Gasteiger partial charge in [-0.05, 0) is 48.1 Å². The number of nitrogens with zero attached hydrogens (tertiary/aromatic N) is 3. The maximum absolute atomic E-state index is 13.8. The lowest BCUT2D eigenvalue weighted by Gasteiger charge is -2.40. The number of ketones is 1. The molecule has 0 amide bonds. The molecule has 2 aromatic carbocycles. The summed E-state index contributed by atoms with van der Waals surface area (Å²) in [6, 6.07) is 18.6. The highest BCUT2D eigenvalue weighted by molar-refractivity contribution is 5.96. The number of benzene rings is 2. The number of carbonyl (C=O) groups is 1. The van der Waals surface area contributed by atoms with E-state index in [1.807, 2.05) is 29.1 Å². The largest absolute Gasteiger partial charge is 0.361 e. The van der Waals surface area contributed by atoms with E-state index in [9.17, 15) is 4.79 Å². The summed E-state index contributed by atoms with van der Waals surface area (Å²) in [5.74, 6) is 1.15. The highest BCUT2D eigenvalue weighted by atomic mass is 16.1. The number of aromatic nitrogens is 4. The molecule has 0 unspecified atom stereocenters. The predicted molar refractivity (Wildman–Crippen MR) is 143 cm³/mol. The number of hydrogen-bond donors (Lipinski definition) is 1. The van der Waals surface area contributed by atoms with Crippen molar-refractivity contribution in [3.05, 3.63) is 84.2 Å². The lowest BCUT2D eigenvalue weighted by molar-refractivity contribution is -0.122. The summed E-state index contributed by atoms with van der Waals surface area (Å²) in [5.41, 5.74) is 5.69. The summed E-state index contributed by atoms with van der Waals surface area (Å²) in [6.07, 6.45) is 9.54. The molecular weight excluding hydrogens is 444 g/mol. The topological polar surface area (TPSA) is 63.6 Å². The highest BCUT2D eigenvalue weighted by Crippen LogP contribution is 2.57. The highest BCUT2D eigenvalue weighted by Gasteiger charge is 2.54. The minimum absolute atomic E-state index is 0.0113. The summed E-state index contributed by atoms with van der Waals surface area (Å²) in [6.45, 7) is 7.64. The second-order valence-electron chi connectivity index (χ2n) is 11.4. The van der Waals surface area contributed by atoms with Gasteiger partial charge in [-0.1, -0.05) is 86.2 Å². The molecule has 0 radical (unpaired) electrons. The van der Waals surface area contributed by atoms with Crippen molar-refractivity contribution in [2.24, 2.45) is 23.2 Å². The normalized spacial score (nSPS) is 27.3. The van der Waals surface area contributed by atoms with E-state index in [1.54, 1.807) is 0 Å². The van der Waals surface area contributed by atoms with Crippen LogP contribution in [-0.4, -0.2) is 25.8 Å². The summed E-state index contributed by atoms with van der Waals surface area (Å²) in [7, 11) is 0. The molecule has 0 spiro atoms. The molecule has 0 bridgehead atoms. The Hall–Kier alpha value is -3.47. The van der Waals surface area contributed by atoms with Gasteiger partial charge in [-0.15, -0.1) is 5.10 Å². The Labute approximate surface area is 212 Å². The molecule has 36 heavy (non-hydrogen) atoms. The van der Waals surface area contributed by atoms with Gasteiger partial charge in [-0.2, -0.15) is 0 Å². The van der Waals surface area contributed by atoms with Crippen LogP contribution in [-0.2, 0) is 11.3 Å². The third-order valence-electron chi connectivity index (χ3n) is 8.77. The Morgan fingerprint density at radius 2 is 1.86 bits per heavy atom. The fraction of sp³-hybridized carbons (Fsp3) is 0.387. The second kappa shape index (κ2) is 8.88. The summed E-state index contributed by atoms with van der Waals surface area (Å²) in [4.78, 5) is 17.2. The van der Waals surface area contributed by atoms with E-state index in [2.05, 4.69) is 84.7 Å². The molecule has 6 rings (SSSR count). The smallest absolute Gasteiger partial charge is 0.143 e. The first kappa shape index (κ1) is 23.0. The summed E-state index contributed by atoms with van der Waals surface area (Å²) >= 11 is 0. The first-order valence-electron chi connectivity index (χ1n) is 13.2. The van der Waals surface area contributed by atoms with Crippen LogP contribution in [0.4, 0.5) is 0 Å². The summed E-state index contributed by atoms with van der Waals surface area (Å²) < 4.78 is 1.96. The molecule has 1 saturated carbocycles. The molecule has 4 aromatic rings. The molecule has 4 atom stereocenters. The molecule has 5 heteroatoms. The van der Waals surface area contributed by atoms with Gasteiger partial charge in [0.15, 0.2) is 0 Å². The van der Waals surface area contributed by atoms with E-state index >= 15 is 0 Å². The first-order valence-corrected chi connectivity index (χ1v) is 13.2. The van der Waals surface area contributed by atoms with Gasteiger partial charge in [0, 0.05) is 34.5 Å². The fourth-order valence-corrected chi connectivity index (χ4v) is 6.85. The van der Waals surface area contributed by atoms with Crippen molar-refractivity contribution in [3.63, 3.8) is 0 Å². The van der Waals surface area contributed by atoms with Crippen LogP contribution in [0.2, 0.25) is 0 Å². The van der Waals surface area contributed by atoms with Gasteiger partial charge in [0.1, 0.15) is 11.5 Å². The molecular formula is C31H34N4O. The first-order chi connectivity index (χ1) is 17.4. The quantitative estimate of drug-likeness (QED) is 0.328. The van der Waals surface area contributed by atoms with Crippen LogP contribution in [0.15, 0.2) is 78.6 Å². The monoisotopic (exact) mass is 478 g/mol. The Kier molecular flexibility index (Phi) is 5.66. The Morgan fingerprint density at radius 1 is 1.08 bits per heavy atom. The van der Waals surface area contributed by atoms with Gasteiger partial charge >= 0.3 is 0 Å². The van der Waals surface area contributed by atoms with E-state index in [-0.39, 0.29) is 17.3 Å². The van der Waals surface area contributed by atoms with Gasteiger partial charge in [-0.25, -0.2) is 4.68 Å². The average Bonchev–Trinajstić information content (AvgIpc) is 3.58. The molecule has 1 fully saturated rings. The van der Waals surface area contributed by atoms with E-state index < -0.39 is 0 Å². The van der Waals surface area contributed by atoms with Crippen LogP contribution in [0.1, 0.15) is 51.5 Å². The van der Waals surface area contributed by atoms with Crippen LogP contribution in [0.25, 0.3) is 22.2 Å². The zero-order valence-electron chi connectivity index (χ0n) is 21.3. The Morgan fingerprint density at radius 3 is 2.69 bits per heavy atom. The molecule has 2 aliphatic rings. The molecule has 0 saturated heterocycles. The van der Waals surface area contributed by atoms with Crippen molar-refractivity contribution in [1.29, 1.82) is 0 Å². The van der Waals surface area contributed by atoms with Crippen molar-refractivity contribution in [3.8, 4) is 11.3 Å². The van der Waals surface area contributed by atoms with Crippen molar-refractivity contribution in [2.75, 3.05) is 0 Å². The molecule has 2 heterocycles. The number of rotatable bonds is 4. The Bertz CT molecular complexity index is 1430. The molecule has 2 aromatic heterocycles. The van der Waals surface area contributed by atoms with Gasteiger partial charge in [0.2, 0.25) is 0 Å². The molecule has 184 valence electrons. The van der Waals surface area contributed by atoms with Crippen LogP contribution >= 0.6 is 0 Å². The van der Waals surface area contributed by atoms with Crippen molar-refractivity contribution in [1.82, 2.24) is 20.0 Å². The standard InChI is InChI=1S/C31H34N4O/c1-20-23-14-13-21(18-35-19-27(33-34-35)22-9-5-4-6-10-22)15-16-31(2,3)29(23)28(30(20)36)25-17-32-26-12-8-7-11-24(25)26/h4-12,15,17,19-20,23,28-29,32H,13-14,16,18H2,1-3H3/b21-15+/t20-,23-,28-,29+/m0/s1. The maximum atomic E-state index is 13.8. The minimum Gasteiger partial charge on any atom is -0.361 e. The lowest BCUT2D eigenvalue weighted by Crippen LogP contribution is -2.33. The van der Waals surface area contributed by atoms with Gasteiger partial charge < -0.3 is 4.98 Å². The number of allylic oxidation sites excluding steroid dienone is 2. The number of aromatic amines is 1. The molecule has 2 aliphatic carbocycles. The fourth-order valence-electron chi connectivity index (χ4n) is 6.85. The third-order valence-corrected chi connectivity index (χ3v) is 8.77. The molecule has 1 N–H and O–H groups in total. The van der Waals surface area contributed by atoms with E-state index in [1.165, 1.54) is 16.5 Å². The number of hydrogen-bond acceptors (Lipinski definition) is 3. The molecule has 0 aliphatic heterocycles. The zero-order chi connectivity index (χ0) is 24.9. The van der Waals surface area contributed by atoms with E-state index in [4.69, 9.17) is 0 Å². The lowest BCUT2D eigenvalue weighted by atomic mass is 9.63. The van der Waals surface area contributed by atoms with Crippen LogP contribution in [0.3, 0.4) is 0 Å². The summed E-state index contributed by atoms with van der Waals surface area (Å²) in [5, 5.41) is 10.0. The van der Waals surface area contributed by atoms with E-state index in [0.29, 0.717) is 17.6 Å². The van der Waals surface area contributed by atoms with Crippen LogP contribution in [0.5, 0.6) is 0 Å². The van der Waals surface area contributed by atoms with Crippen molar-refractivity contribution < 1.29 is 4.79 Å². The van der Waals surface area contributed by atoms with Gasteiger partial charge in [-0.3, -0.25) is 4.79 Å². The van der Waals surface area contributed by atoms with Crippen molar-refractivity contribution in [2.45, 2.75) is 52.5 Å². The van der Waals surface area contributed by atoms with E-state index in [0.717, 1.165) is 42.6 Å². The van der Waals surface area contributed by atoms with Crippen LogP contribution < -0.4 is 0 Å².